The lowest BCUT2D eigenvalue weighted by Gasteiger charge is -2.64. The largest absolute Gasteiger partial charge is 0.472 e. The second-order valence-corrected chi connectivity index (χ2v) is 6.46. The summed E-state index contributed by atoms with van der Waals surface area (Å²) in [5.74, 6) is 1.51. The van der Waals surface area contributed by atoms with Crippen LogP contribution in [0, 0.1) is 17.3 Å². The van der Waals surface area contributed by atoms with E-state index in [0.29, 0.717) is 17.4 Å². The van der Waals surface area contributed by atoms with Crippen molar-refractivity contribution in [3.8, 4) is 0 Å². The molecule has 3 nitrogen and oxygen atoms in total. The molecule has 90 valence electrons. The summed E-state index contributed by atoms with van der Waals surface area (Å²) in [7, 11) is 1.90. The van der Waals surface area contributed by atoms with Crippen LogP contribution in [-0.2, 0) is 9.31 Å². The van der Waals surface area contributed by atoms with Crippen LogP contribution < -0.4 is 5.32 Å². The van der Waals surface area contributed by atoms with Gasteiger partial charge in [-0.05, 0) is 44.1 Å². The standard InChI is InChI=1S/C12H22BNO2/c1-11(2)8-5-9(11)12(3)10(6-8)15-13(16-12)7-14-4/h8-10,14H,5-7H2,1-4H3/t8-,9-,10+,12-/m0/s1. The van der Waals surface area contributed by atoms with Crippen LogP contribution in [0.4, 0.5) is 0 Å². The van der Waals surface area contributed by atoms with E-state index in [1.54, 1.807) is 0 Å². The van der Waals surface area contributed by atoms with E-state index in [1.165, 1.54) is 12.8 Å². The highest BCUT2D eigenvalue weighted by Crippen LogP contribution is 2.65. The van der Waals surface area contributed by atoms with Crippen LogP contribution in [0.15, 0.2) is 0 Å². The molecule has 4 rings (SSSR count). The van der Waals surface area contributed by atoms with Gasteiger partial charge < -0.3 is 14.6 Å². The number of hydrogen-bond donors (Lipinski definition) is 1. The summed E-state index contributed by atoms with van der Waals surface area (Å²) in [6, 6.07) is 0. The number of nitrogens with one attached hydrogen (secondary N) is 1. The fourth-order valence-corrected chi connectivity index (χ4v) is 4.20. The maximum Gasteiger partial charge on any atom is 0.472 e. The molecule has 0 spiro atoms. The van der Waals surface area contributed by atoms with Crippen LogP contribution in [0.1, 0.15) is 33.6 Å². The average Bonchev–Trinajstić information content (AvgIpc) is 2.53. The molecule has 4 atom stereocenters. The summed E-state index contributed by atoms with van der Waals surface area (Å²) in [6.45, 7) is 7.04. The van der Waals surface area contributed by atoms with Crippen LogP contribution >= 0.6 is 0 Å². The van der Waals surface area contributed by atoms with E-state index in [9.17, 15) is 0 Å². The van der Waals surface area contributed by atoms with Crippen LogP contribution in [-0.4, -0.2) is 32.3 Å². The van der Waals surface area contributed by atoms with Crippen molar-refractivity contribution in [2.24, 2.45) is 17.3 Å². The molecule has 4 fully saturated rings. The highest BCUT2D eigenvalue weighted by molar-refractivity contribution is 6.45. The molecular weight excluding hydrogens is 201 g/mol. The third-order valence-electron chi connectivity index (χ3n) is 5.37. The maximum absolute atomic E-state index is 6.19. The molecule has 1 N–H and O–H groups in total. The molecular formula is C12H22BNO2. The first kappa shape index (κ1) is 11.1. The molecule has 1 saturated heterocycles. The van der Waals surface area contributed by atoms with Gasteiger partial charge in [0.25, 0.3) is 0 Å². The molecule has 2 bridgehead atoms. The fraction of sp³-hybridized carbons (Fsp3) is 1.00. The van der Waals surface area contributed by atoms with Gasteiger partial charge in [-0.3, -0.25) is 0 Å². The van der Waals surface area contributed by atoms with Gasteiger partial charge in [-0.25, -0.2) is 0 Å². The first-order chi connectivity index (χ1) is 7.48. The van der Waals surface area contributed by atoms with Crippen molar-refractivity contribution >= 4 is 7.12 Å². The van der Waals surface area contributed by atoms with Gasteiger partial charge in [-0.1, -0.05) is 13.8 Å². The quantitative estimate of drug-likeness (QED) is 0.719. The van der Waals surface area contributed by atoms with E-state index in [1.807, 2.05) is 7.05 Å². The minimum Gasteiger partial charge on any atom is -0.405 e. The Morgan fingerprint density at radius 3 is 2.69 bits per heavy atom. The molecule has 0 amide bonds. The molecule has 0 unspecified atom stereocenters. The lowest BCUT2D eigenvalue weighted by molar-refractivity contribution is -0.199. The van der Waals surface area contributed by atoms with Gasteiger partial charge in [0.2, 0.25) is 0 Å². The van der Waals surface area contributed by atoms with Gasteiger partial charge in [0.15, 0.2) is 0 Å². The molecule has 4 heteroatoms. The Bertz CT molecular complexity index is 309. The molecule has 1 heterocycles. The Balaban J connectivity index is 1.81. The first-order valence-corrected chi connectivity index (χ1v) is 6.46. The van der Waals surface area contributed by atoms with Crippen molar-refractivity contribution in [1.29, 1.82) is 0 Å². The van der Waals surface area contributed by atoms with E-state index in [2.05, 4.69) is 26.1 Å². The molecule has 0 aromatic carbocycles. The minimum absolute atomic E-state index is 0.0419. The van der Waals surface area contributed by atoms with Gasteiger partial charge in [0.05, 0.1) is 11.7 Å². The fourth-order valence-electron chi connectivity index (χ4n) is 4.20. The van der Waals surface area contributed by atoms with Gasteiger partial charge in [0, 0.05) is 6.44 Å². The molecule has 16 heavy (non-hydrogen) atoms. The Morgan fingerprint density at radius 2 is 2.06 bits per heavy atom. The summed E-state index contributed by atoms with van der Waals surface area (Å²) < 4.78 is 12.2. The summed E-state index contributed by atoms with van der Waals surface area (Å²) in [4.78, 5) is 0. The van der Waals surface area contributed by atoms with E-state index in [-0.39, 0.29) is 12.7 Å². The SMILES string of the molecule is CNCB1O[C@@H]2C[C@@H]3C[C@@H](C3(C)C)[C@]2(C)O1. The Labute approximate surface area is 98.4 Å². The van der Waals surface area contributed by atoms with Crippen molar-refractivity contribution in [2.75, 3.05) is 13.5 Å². The van der Waals surface area contributed by atoms with Crippen molar-refractivity contribution in [2.45, 2.75) is 45.3 Å². The predicted molar refractivity (Wildman–Crippen MR) is 64.0 cm³/mol. The minimum atomic E-state index is -0.0462. The second-order valence-electron chi connectivity index (χ2n) is 6.46. The van der Waals surface area contributed by atoms with Gasteiger partial charge in [0.1, 0.15) is 0 Å². The molecule has 1 aliphatic heterocycles. The van der Waals surface area contributed by atoms with Crippen LogP contribution in [0.3, 0.4) is 0 Å². The number of rotatable bonds is 2. The lowest BCUT2D eigenvalue weighted by atomic mass is 9.43. The van der Waals surface area contributed by atoms with Crippen molar-refractivity contribution in [3.05, 3.63) is 0 Å². The third kappa shape index (κ3) is 1.21. The highest BCUT2D eigenvalue weighted by Gasteiger charge is 2.67. The molecule has 0 aromatic heterocycles. The zero-order valence-electron chi connectivity index (χ0n) is 10.7. The van der Waals surface area contributed by atoms with E-state index >= 15 is 0 Å². The summed E-state index contributed by atoms with van der Waals surface area (Å²) >= 11 is 0. The van der Waals surface area contributed by atoms with Crippen LogP contribution in [0.2, 0.25) is 0 Å². The predicted octanol–water partition coefficient (Wildman–Crippen LogP) is 1.47. The molecule has 3 aliphatic carbocycles. The smallest absolute Gasteiger partial charge is 0.405 e. The third-order valence-corrected chi connectivity index (χ3v) is 5.37. The van der Waals surface area contributed by atoms with E-state index in [4.69, 9.17) is 9.31 Å². The van der Waals surface area contributed by atoms with Gasteiger partial charge in [-0.2, -0.15) is 0 Å². The second kappa shape index (κ2) is 3.24. The van der Waals surface area contributed by atoms with Crippen molar-refractivity contribution in [1.82, 2.24) is 5.32 Å². The molecule has 0 radical (unpaired) electrons. The Kier molecular flexibility index (Phi) is 2.24. The molecule has 3 saturated carbocycles. The zero-order chi connectivity index (χ0) is 11.6. The Morgan fingerprint density at radius 1 is 1.31 bits per heavy atom. The highest BCUT2D eigenvalue weighted by atomic mass is 16.7. The van der Waals surface area contributed by atoms with Gasteiger partial charge >= 0.3 is 7.12 Å². The van der Waals surface area contributed by atoms with Crippen molar-refractivity contribution < 1.29 is 9.31 Å². The summed E-state index contributed by atoms with van der Waals surface area (Å²) in [6.07, 6.45) is 3.63. The average molecular weight is 223 g/mol. The van der Waals surface area contributed by atoms with Crippen LogP contribution in [0.5, 0.6) is 0 Å². The summed E-state index contributed by atoms with van der Waals surface area (Å²) in [5, 5.41) is 3.14. The van der Waals surface area contributed by atoms with E-state index < -0.39 is 0 Å². The van der Waals surface area contributed by atoms with Crippen LogP contribution in [0.25, 0.3) is 0 Å². The first-order valence-electron chi connectivity index (χ1n) is 6.46. The maximum atomic E-state index is 6.19. The summed E-state index contributed by atoms with van der Waals surface area (Å²) in [5.41, 5.74) is 0.406. The molecule has 4 aliphatic rings. The topological polar surface area (TPSA) is 30.5 Å². The normalized spacial score (nSPS) is 48.8. The molecule has 0 aromatic rings. The lowest BCUT2D eigenvalue weighted by Crippen LogP contribution is -2.65. The number of hydrogen-bond acceptors (Lipinski definition) is 3. The van der Waals surface area contributed by atoms with Gasteiger partial charge in [-0.15, -0.1) is 0 Å². The van der Waals surface area contributed by atoms with E-state index in [0.717, 1.165) is 12.4 Å². The zero-order valence-corrected chi connectivity index (χ0v) is 10.7. The monoisotopic (exact) mass is 223 g/mol. The van der Waals surface area contributed by atoms with Crippen molar-refractivity contribution in [3.63, 3.8) is 0 Å². The Hall–Kier alpha value is -0.0551.